The minimum atomic E-state index is -0.698. The summed E-state index contributed by atoms with van der Waals surface area (Å²) in [6.45, 7) is 5.96. The zero-order chi connectivity index (χ0) is 16.0. The first kappa shape index (κ1) is 17.5. The monoisotopic (exact) mass is 310 g/mol. The number of nitrogens with one attached hydrogen (secondary N) is 1. The quantitative estimate of drug-likeness (QED) is 0.783. The van der Waals surface area contributed by atoms with Crippen LogP contribution in [-0.4, -0.2) is 36.5 Å². The maximum Gasteiger partial charge on any atom is 0.323 e. The molecule has 6 heteroatoms. The predicted molar refractivity (Wildman–Crippen MR) is 86.6 cm³/mol. The topological polar surface area (TPSA) is 81.4 Å². The normalized spacial score (nSPS) is 11.9. The Hall–Kier alpha value is -1.53. The van der Waals surface area contributed by atoms with Crippen molar-refractivity contribution in [3.8, 4) is 0 Å². The van der Waals surface area contributed by atoms with Gasteiger partial charge in [0.05, 0.1) is 12.9 Å². The average molecular weight is 310 g/mol. The largest absolute Gasteiger partial charge is 0.468 e. The van der Waals surface area contributed by atoms with Crippen molar-refractivity contribution < 1.29 is 14.3 Å². The van der Waals surface area contributed by atoms with E-state index in [4.69, 9.17) is 5.73 Å². The summed E-state index contributed by atoms with van der Waals surface area (Å²) in [5, 5.41) is 2.91. The first-order chi connectivity index (χ1) is 9.85. The lowest BCUT2D eigenvalue weighted by molar-refractivity contribution is -0.141. The Morgan fingerprint density at radius 3 is 2.38 bits per heavy atom. The van der Waals surface area contributed by atoms with E-state index >= 15 is 0 Å². The highest BCUT2D eigenvalue weighted by Crippen LogP contribution is 2.22. The molecular formula is C15H22N2O3S. The second-order valence-corrected chi connectivity index (χ2v) is 6.00. The summed E-state index contributed by atoms with van der Waals surface area (Å²) < 4.78 is 4.53. The number of anilines is 1. The molecule has 0 aliphatic rings. The van der Waals surface area contributed by atoms with Crippen molar-refractivity contribution >= 4 is 29.3 Å². The van der Waals surface area contributed by atoms with Crippen LogP contribution in [0.15, 0.2) is 12.1 Å². The number of carbonyl (C=O) groups is 2. The Bertz CT molecular complexity index is 509. The molecule has 1 atom stereocenters. The van der Waals surface area contributed by atoms with Crippen LogP contribution in [0.3, 0.4) is 0 Å². The van der Waals surface area contributed by atoms with Gasteiger partial charge in [-0.25, -0.2) is 0 Å². The molecule has 0 radical (unpaired) electrons. The first-order valence-electron chi connectivity index (χ1n) is 6.64. The van der Waals surface area contributed by atoms with Crippen molar-refractivity contribution in [1.82, 2.24) is 0 Å². The molecule has 1 aromatic rings. The summed E-state index contributed by atoms with van der Waals surface area (Å²) in [5.74, 6) is 0.0314. The van der Waals surface area contributed by atoms with E-state index in [2.05, 4.69) is 10.1 Å². The lowest BCUT2D eigenvalue weighted by atomic mass is 10.1. The number of amides is 1. The fourth-order valence-corrected chi connectivity index (χ4v) is 2.82. The van der Waals surface area contributed by atoms with E-state index in [1.165, 1.54) is 24.4 Å². The van der Waals surface area contributed by atoms with E-state index in [1.807, 2.05) is 32.9 Å². The molecule has 0 saturated carbocycles. The van der Waals surface area contributed by atoms with Crippen LogP contribution in [-0.2, 0) is 14.3 Å². The molecule has 3 N–H and O–H groups in total. The molecule has 0 spiro atoms. The van der Waals surface area contributed by atoms with Gasteiger partial charge in [-0.05, 0) is 31.9 Å². The molecule has 5 nitrogen and oxygen atoms in total. The van der Waals surface area contributed by atoms with Crippen LogP contribution in [0.4, 0.5) is 5.69 Å². The summed E-state index contributed by atoms with van der Waals surface area (Å²) in [5.41, 5.74) is 9.70. The van der Waals surface area contributed by atoms with Gasteiger partial charge in [0.25, 0.3) is 0 Å². The predicted octanol–water partition coefficient (Wildman–Crippen LogP) is 1.78. The van der Waals surface area contributed by atoms with Crippen LogP contribution in [0.1, 0.15) is 16.7 Å². The number of ether oxygens (including phenoxy) is 1. The zero-order valence-electron chi connectivity index (χ0n) is 12.9. The van der Waals surface area contributed by atoms with Gasteiger partial charge in [0, 0.05) is 11.4 Å². The summed E-state index contributed by atoms with van der Waals surface area (Å²) >= 11 is 1.31. The van der Waals surface area contributed by atoms with Gasteiger partial charge in [-0.15, -0.1) is 11.8 Å². The van der Waals surface area contributed by atoms with Gasteiger partial charge >= 0.3 is 5.97 Å². The van der Waals surface area contributed by atoms with Crippen LogP contribution in [0.5, 0.6) is 0 Å². The fraction of sp³-hybridized carbons (Fsp3) is 0.467. The summed E-state index contributed by atoms with van der Waals surface area (Å²) in [7, 11) is 1.29. The molecule has 0 fully saturated rings. The fourth-order valence-electron chi connectivity index (χ4n) is 2.05. The van der Waals surface area contributed by atoms with Crippen LogP contribution in [0, 0.1) is 20.8 Å². The third-order valence-electron chi connectivity index (χ3n) is 2.98. The van der Waals surface area contributed by atoms with Gasteiger partial charge in [0.2, 0.25) is 5.91 Å². The number of rotatable bonds is 6. The lowest BCUT2D eigenvalue weighted by Gasteiger charge is -2.13. The highest BCUT2D eigenvalue weighted by molar-refractivity contribution is 8.00. The van der Waals surface area contributed by atoms with Crippen LogP contribution < -0.4 is 11.1 Å². The number of aryl methyl sites for hydroxylation is 3. The van der Waals surface area contributed by atoms with Gasteiger partial charge in [0.15, 0.2) is 0 Å². The van der Waals surface area contributed by atoms with Crippen LogP contribution in [0.2, 0.25) is 0 Å². The minimum absolute atomic E-state index is 0.105. The van der Waals surface area contributed by atoms with Crippen molar-refractivity contribution in [3.05, 3.63) is 28.8 Å². The Balaban J connectivity index is 2.50. The van der Waals surface area contributed by atoms with Gasteiger partial charge in [0.1, 0.15) is 6.04 Å². The highest BCUT2D eigenvalue weighted by atomic mass is 32.2. The molecule has 0 aliphatic heterocycles. The lowest BCUT2D eigenvalue weighted by Crippen LogP contribution is -2.34. The minimum Gasteiger partial charge on any atom is -0.468 e. The number of hydrogen-bond acceptors (Lipinski definition) is 5. The maximum atomic E-state index is 11.9. The Morgan fingerprint density at radius 1 is 1.29 bits per heavy atom. The molecule has 1 rings (SSSR count). The number of thioether (sulfide) groups is 1. The SMILES string of the molecule is COC(=O)C(N)CSCC(=O)Nc1c(C)cc(C)cc1C. The molecule has 1 unspecified atom stereocenters. The Kier molecular flexibility index (Phi) is 6.71. The Labute approximate surface area is 129 Å². The van der Waals surface area contributed by atoms with Crippen molar-refractivity contribution in [2.45, 2.75) is 26.8 Å². The van der Waals surface area contributed by atoms with E-state index in [9.17, 15) is 9.59 Å². The molecular weight excluding hydrogens is 288 g/mol. The van der Waals surface area contributed by atoms with Crippen LogP contribution >= 0.6 is 11.8 Å². The molecule has 116 valence electrons. The molecule has 1 amide bonds. The third-order valence-corrected chi connectivity index (χ3v) is 4.04. The second-order valence-electron chi connectivity index (χ2n) is 4.97. The number of carbonyl (C=O) groups excluding carboxylic acids is 2. The van der Waals surface area contributed by atoms with Gasteiger partial charge < -0.3 is 15.8 Å². The molecule has 0 aromatic heterocycles. The smallest absolute Gasteiger partial charge is 0.323 e. The second kappa shape index (κ2) is 8.05. The average Bonchev–Trinajstić information content (AvgIpc) is 2.41. The number of benzene rings is 1. The molecule has 0 bridgehead atoms. The van der Waals surface area contributed by atoms with Gasteiger partial charge in [-0.3, -0.25) is 9.59 Å². The van der Waals surface area contributed by atoms with Crippen molar-refractivity contribution in [3.63, 3.8) is 0 Å². The van der Waals surface area contributed by atoms with E-state index in [-0.39, 0.29) is 11.7 Å². The number of hydrogen-bond donors (Lipinski definition) is 2. The van der Waals surface area contributed by atoms with Gasteiger partial charge in [-0.2, -0.15) is 0 Å². The standard InChI is InChI=1S/C15H22N2O3S/c1-9-5-10(2)14(11(3)6-9)17-13(18)8-21-7-12(16)15(19)20-4/h5-6,12H,7-8,16H2,1-4H3,(H,17,18). The molecule has 0 saturated heterocycles. The summed E-state index contributed by atoms with van der Waals surface area (Å²) in [4.78, 5) is 23.1. The third kappa shape index (κ3) is 5.40. The van der Waals surface area contributed by atoms with Crippen LogP contribution in [0.25, 0.3) is 0 Å². The van der Waals surface area contributed by atoms with Crippen molar-refractivity contribution in [2.75, 3.05) is 23.9 Å². The molecule has 0 aliphatic carbocycles. The van der Waals surface area contributed by atoms with E-state index < -0.39 is 12.0 Å². The zero-order valence-corrected chi connectivity index (χ0v) is 13.7. The summed E-state index contributed by atoms with van der Waals surface area (Å²) in [6, 6.07) is 3.36. The van der Waals surface area contributed by atoms with Gasteiger partial charge in [-0.1, -0.05) is 17.7 Å². The van der Waals surface area contributed by atoms with E-state index in [0.29, 0.717) is 5.75 Å². The molecule has 0 heterocycles. The number of methoxy groups -OCH3 is 1. The number of nitrogens with two attached hydrogens (primary N) is 1. The summed E-state index contributed by atoms with van der Waals surface area (Å²) in [6.07, 6.45) is 0. The molecule has 21 heavy (non-hydrogen) atoms. The maximum absolute atomic E-state index is 11.9. The van der Waals surface area contributed by atoms with Crippen molar-refractivity contribution in [1.29, 1.82) is 0 Å². The Morgan fingerprint density at radius 2 is 1.86 bits per heavy atom. The van der Waals surface area contributed by atoms with E-state index in [0.717, 1.165) is 16.8 Å². The van der Waals surface area contributed by atoms with Crippen molar-refractivity contribution in [2.24, 2.45) is 5.73 Å². The highest BCUT2D eigenvalue weighted by Gasteiger charge is 2.15. The number of esters is 1. The molecule has 1 aromatic carbocycles. The van der Waals surface area contributed by atoms with E-state index in [1.54, 1.807) is 0 Å². The first-order valence-corrected chi connectivity index (χ1v) is 7.79.